The largest absolute Gasteiger partial charge is 0.497 e. The summed E-state index contributed by atoms with van der Waals surface area (Å²) in [4.78, 5) is 16.0. The van der Waals surface area contributed by atoms with Crippen molar-refractivity contribution < 1.29 is 28.5 Å². The standard InChI is InChI=1S/C34H41N3O6.ClH/c1-39-22-10-9-20-14-27(26-19-32(43-5)31(42-4)18-25(26)23(20)16-22)33-24-17-30(41-3)29(40-2)15-21(24)11-13-37(33)34(38)28(36)8-6-7-12-35;/h9-10,14-19,28,33H,6-8,11-13,35-36H2,1-5H3;1H/t28-,33+;/m0./s1. The first-order chi connectivity index (χ1) is 20.9. The summed E-state index contributed by atoms with van der Waals surface area (Å²) in [6.07, 6.45) is 2.85. The molecule has 4 aromatic rings. The van der Waals surface area contributed by atoms with Gasteiger partial charge < -0.3 is 40.1 Å². The molecule has 0 radical (unpaired) electrons. The van der Waals surface area contributed by atoms with Crippen LogP contribution in [0.4, 0.5) is 0 Å². The van der Waals surface area contributed by atoms with E-state index in [0.717, 1.165) is 56.8 Å². The molecule has 10 heteroatoms. The summed E-state index contributed by atoms with van der Waals surface area (Å²) >= 11 is 0. The van der Waals surface area contributed by atoms with Crippen molar-refractivity contribution in [1.29, 1.82) is 0 Å². The Morgan fingerprint density at radius 2 is 1.43 bits per heavy atom. The molecule has 1 amide bonds. The molecule has 0 aliphatic carbocycles. The van der Waals surface area contributed by atoms with Gasteiger partial charge in [0.25, 0.3) is 0 Å². The summed E-state index contributed by atoms with van der Waals surface area (Å²) in [7, 11) is 8.15. The van der Waals surface area contributed by atoms with Crippen molar-refractivity contribution in [3.8, 4) is 28.7 Å². The number of nitrogens with two attached hydrogens (primary N) is 2. The Morgan fingerprint density at radius 1 is 0.795 bits per heavy atom. The van der Waals surface area contributed by atoms with E-state index in [1.807, 2.05) is 47.4 Å². The topological polar surface area (TPSA) is 118 Å². The van der Waals surface area contributed by atoms with Crippen LogP contribution in [0.5, 0.6) is 28.7 Å². The van der Waals surface area contributed by atoms with Crippen molar-refractivity contribution in [2.75, 3.05) is 48.6 Å². The minimum Gasteiger partial charge on any atom is -0.497 e. The molecule has 0 bridgehead atoms. The molecule has 0 fully saturated rings. The summed E-state index contributed by atoms with van der Waals surface area (Å²) in [5.74, 6) is 3.11. The van der Waals surface area contributed by atoms with Gasteiger partial charge in [0.05, 0.1) is 47.6 Å². The zero-order chi connectivity index (χ0) is 30.7. The predicted octanol–water partition coefficient (Wildman–Crippen LogP) is 5.39. The maximum absolute atomic E-state index is 14.1. The summed E-state index contributed by atoms with van der Waals surface area (Å²) in [5.41, 5.74) is 15.3. The number of benzene rings is 4. The fourth-order valence-electron chi connectivity index (χ4n) is 6.20. The fourth-order valence-corrected chi connectivity index (χ4v) is 6.20. The average Bonchev–Trinajstić information content (AvgIpc) is 3.05. The lowest BCUT2D eigenvalue weighted by atomic mass is 9.83. The Bertz CT molecular complexity index is 1650. The Kier molecular flexibility index (Phi) is 10.7. The number of methoxy groups -OCH3 is 5. The van der Waals surface area contributed by atoms with Crippen LogP contribution in [0.25, 0.3) is 21.5 Å². The number of hydrogen-bond acceptors (Lipinski definition) is 8. The number of halogens is 1. The quantitative estimate of drug-likeness (QED) is 0.169. The number of ether oxygens (including phenoxy) is 5. The molecule has 44 heavy (non-hydrogen) atoms. The monoisotopic (exact) mass is 623 g/mol. The lowest BCUT2D eigenvalue weighted by molar-refractivity contribution is -0.134. The van der Waals surface area contributed by atoms with Crippen molar-refractivity contribution in [1.82, 2.24) is 4.90 Å². The fraction of sp³-hybridized carbons (Fsp3) is 0.382. The van der Waals surface area contributed by atoms with Gasteiger partial charge in [0.2, 0.25) is 5.91 Å². The second-order valence-corrected chi connectivity index (χ2v) is 10.8. The van der Waals surface area contributed by atoms with E-state index in [1.165, 1.54) is 0 Å². The van der Waals surface area contributed by atoms with Crippen molar-refractivity contribution in [3.05, 3.63) is 65.2 Å². The number of fused-ring (bicyclic) bond motifs is 4. The minimum absolute atomic E-state index is 0. The highest BCUT2D eigenvalue weighted by Crippen LogP contribution is 2.46. The molecule has 1 aliphatic heterocycles. The number of amides is 1. The third-order valence-corrected chi connectivity index (χ3v) is 8.43. The first-order valence-electron chi connectivity index (χ1n) is 14.6. The van der Waals surface area contributed by atoms with E-state index in [4.69, 9.17) is 35.2 Å². The number of hydrogen-bond donors (Lipinski definition) is 2. The van der Waals surface area contributed by atoms with Gasteiger partial charge in [0.15, 0.2) is 23.0 Å². The van der Waals surface area contributed by atoms with Gasteiger partial charge in [-0.3, -0.25) is 4.79 Å². The SMILES string of the molecule is COc1ccc2cc([C@H]3c4cc(OC)c(OC)cc4CCN3C(=O)[C@@H](N)CCCCN)c3cc(OC)c(OC)cc3c2c1.Cl. The summed E-state index contributed by atoms with van der Waals surface area (Å²) in [6, 6.07) is 15.1. The zero-order valence-electron chi connectivity index (χ0n) is 26.0. The third-order valence-electron chi connectivity index (χ3n) is 8.43. The lowest BCUT2D eigenvalue weighted by Crippen LogP contribution is -2.48. The first-order valence-corrected chi connectivity index (χ1v) is 14.6. The van der Waals surface area contributed by atoms with E-state index in [0.29, 0.717) is 48.9 Å². The maximum atomic E-state index is 14.1. The van der Waals surface area contributed by atoms with E-state index >= 15 is 0 Å². The van der Waals surface area contributed by atoms with Gasteiger partial charge in [0.1, 0.15) is 5.75 Å². The molecule has 1 heterocycles. The van der Waals surface area contributed by atoms with Crippen LogP contribution in [0.2, 0.25) is 0 Å². The molecule has 236 valence electrons. The number of unbranched alkanes of at least 4 members (excludes halogenated alkanes) is 1. The Hall–Kier alpha value is -3.92. The van der Waals surface area contributed by atoms with E-state index in [9.17, 15) is 4.79 Å². The molecule has 0 spiro atoms. The van der Waals surface area contributed by atoms with Crippen LogP contribution in [0, 0.1) is 0 Å². The molecule has 0 saturated heterocycles. The van der Waals surface area contributed by atoms with Crippen LogP contribution < -0.4 is 35.2 Å². The molecule has 0 unspecified atom stereocenters. The average molecular weight is 624 g/mol. The van der Waals surface area contributed by atoms with Gasteiger partial charge in [-0.25, -0.2) is 0 Å². The highest BCUT2D eigenvalue weighted by atomic mass is 35.5. The molecule has 4 N–H and O–H groups in total. The van der Waals surface area contributed by atoms with Crippen molar-refractivity contribution in [3.63, 3.8) is 0 Å². The maximum Gasteiger partial charge on any atom is 0.240 e. The van der Waals surface area contributed by atoms with Crippen LogP contribution in [0.15, 0.2) is 48.5 Å². The molecule has 2 atom stereocenters. The number of nitrogens with zero attached hydrogens (tertiary/aromatic N) is 1. The van der Waals surface area contributed by atoms with Crippen LogP contribution in [-0.4, -0.2) is 65.5 Å². The van der Waals surface area contributed by atoms with Gasteiger partial charge in [-0.05, 0) is 107 Å². The van der Waals surface area contributed by atoms with Crippen molar-refractivity contribution in [2.45, 2.75) is 37.8 Å². The molecule has 1 aliphatic rings. The van der Waals surface area contributed by atoms with E-state index < -0.39 is 12.1 Å². The van der Waals surface area contributed by atoms with Crippen LogP contribution in [0.3, 0.4) is 0 Å². The van der Waals surface area contributed by atoms with Gasteiger partial charge in [0, 0.05) is 6.54 Å². The van der Waals surface area contributed by atoms with E-state index in [1.54, 1.807) is 35.5 Å². The van der Waals surface area contributed by atoms with Gasteiger partial charge in [-0.15, -0.1) is 12.4 Å². The normalized spacial score (nSPS) is 14.9. The summed E-state index contributed by atoms with van der Waals surface area (Å²) < 4.78 is 28.4. The number of rotatable bonds is 11. The Labute approximate surface area is 264 Å². The predicted molar refractivity (Wildman–Crippen MR) is 176 cm³/mol. The lowest BCUT2D eigenvalue weighted by Gasteiger charge is -2.40. The highest BCUT2D eigenvalue weighted by Gasteiger charge is 2.36. The zero-order valence-corrected chi connectivity index (χ0v) is 26.8. The first kappa shape index (κ1) is 33.0. The van der Waals surface area contributed by atoms with E-state index in [-0.39, 0.29) is 18.3 Å². The summed E-state index contributed by atoms with van der Waals surface area (Å²) in [6.45, 7) is 1.08. The van der Waals surface area contributed by atoms with Crippen molar-refractivity contribution in [2.24, 2.45) is 11.5 Å². The van der Waals surface area contributed by atoms with E-state index in [2.05, 4.69) is 6.07 Å². The summed E-state index contributed by atoms with van der Waals surface area (Å²) in [5, 5.41) is 3.89. The molecule has 5 rings (SSSR count). The molecular formula is C34H42ClN3O6. The molecule has 0 saturated carbocycles. The molecule has 9 nitrogen and oxygen atoms in total. The minimum atomic E-state index is -0.638. The molecule has 4 aromatic carbocycles. The molecule has 0 aromatic heterocycles. The highest BCUT2D eigenvalue weighted by molar-refractivity contribution is 6.11. The van der Waals surface area contributed by atoms with Crippen LogP contribution in [0.1, 0.15) is 42.0 Å². The van der Waals surface area contributed by atoms with Crippen LogP contribution >= 0.6 is 12.4 Å². The van der Waals surface area contributed by atoms with Gasteiger partial charge in [-0.2, -0.15) is 0 Å². The number of carbonyl (C=O) groups excluding carboxylic acids is 1. The Morgan fingerprint density at radius 3 is 2.07 bits per heavy atom. The van der Waals surface area contributed by atoms with Gasteiger partial charge >= 0.3 is 0 Å². The Balaban J connectivity index is 0.00000442. The van der Waals surface area contributed by atoms with Crippen molar-refractivity contribution >= 4 is 39.9 Å². The molecular weight excluding hydrogens is 582 g/mol. The third kappa shape index (κ3) is 6.04. The number of carbonyl (C=O) groups is 1. The second kappa shape index (κ2) is 14.2. The second-order valence-electron chi connectivity index (χ2n) is 10.8. The smallest absolute Gasteiger partial charge is 0.240 e. The van der Waals surface area contributed by atoms with Crippen LogP contribution in [-0.2, 0) is 11.2 Å². The van der Waals surface area contributed by atoms with Gasteiger partial charge in [-0.1, -0.05) is 12.5 Å².